The van der Waals surface area contributed by atoms with Crippen molar-refractivity contribution in [2.45, 2.75) is 6.92 Å². The van der Waals surface area contributed by atoms with Crippen LogP contribution in [-0.2, 0) is 0 Å². The van der Waals surface area contributed by atoms with Crippen molar-refractivity contribution in [2.24, 2.45) is 5.73 Å². The van der Waals surface area contributed by atoms with Crippen molar-refractivity contribution >= 4 is 5.91 Å². The lowest BCUT2D eigenvalue weighted by atomic mass is 10.2. The lowest BCUT2D eigenvalue weighted by molar-refractivity contribution is 0.1000. The summed E-state index contributed by atoms with van der Waals surface area (Å²) in [6.45, 7) is 3.84. The average molecular weight is 226 g/mol. The molecule has 0 heterocycles. The standard InChI is InChI=1S/C11H15FN2O2/c1-2-14-5-6-16-10-4-3-8(11(13)15)7-9(10)12/h3-4,7,14H,2,5-6H2,1H3,(H2,13,15). The van der Waals surface area contributed by atoms with Crippen molar-refractivity contribution < 1.29 is 13.9 Å². The van der Waals surface area contributed by atoms with Crippen molar-refractivity contribution in [3.63, 3.8) is 0 Å². The first-order valence-corrected chi connectivity index (χ1v) is 5.08. The number of carbonyl (C=O) groups is 1. The maximum absolute atomic E-state index is 13.4. The van der Waals surface area contributed by atoms with Gasteiger partial charge in [0.1, 0.15) is 6.61 Å². The molecule has 16 heavy (non-hydrogen) atoms. The molecule has 0 saturated carbocycles. The van der Waals surface area contributed by atoms with E-state index < -0.39 is 11.7 Å². The molecule has 3 N–H and O–H groups in total. The highest BCUT2D eigenvalue weighted by Crippen LogP contribution is 2.17. The second-order valence-corrected chi connectivity index (χ2v) is 3.21. The van der Waals surface area contributed by atoms with Crippen molar-refractivity contribution in [1.29, 1.82) is 0 Å². The maximum atomic E-state index is 13.4. The summed E-state index contributed by atoms with van der Waals surface area (Å²) in [6.07, 6.45) is 0. The minimum Gasteiger partial charge on any atom is -0.489 e. The number of carbonyl (C=O) groups excluding carboxylic acids is 1. The lowest BCUT2D eigenvalue weighted by Crippen LogP contribution is -2.20. The van der Waals surface area contributed by atoms with E-state index in [2.05, 4.69) is 5.32 Å². The van der Waals surface area contributed by atoms with Gasteiger partial charge in [-0.1, -0.05) is 6.92 Å². The molecule has 0 atom stereocenters. The molecule has 1 aromatic rings. The SMILES string of the molecule is CCNCCOc1ccc(C(N)=O)cc1F. The Kier molecular flexibility index (Phi) is 4.72. The molecule has 0 aliphatic rings. The monoisotopic (exact) mass is 226 g/mol. The van der Waals surface area contributed by atoms with E-state index in [4.69, 9.17) is 10.5 Å². The zero-order valence-electron chi connectivity index (χ0n) is 9.13. The number of amides is 1. The Hall–Kier alpha value is -1.62. The van der Waals surface area contributed by atoms with Crippen LogP contribution in [0.15, 0.2) is 18.2 Å². The third-order valence-electron chi connectivity index (χ3n) is 2.00. The summed E-state index contributed by atoms with van der Waals surface area (Å²) in [7, 11) is 0. The number of halogens is 1. The van der Waals surface area contributed by atoms with Gasteiger partial charge in [0.05, 0.1) is 0 Å². The Morgan fingerprint density at radius 3 is 2.88 bits per heavy atom. The van der Waals surface area contributed by atoms with E-state index >= 15 is 0 Å². The Balaban J connectivity index is 2.57. The molecule has 1 rings (SSSR count). The van der Waals surface area contributed by atoms with Crippen LogP contribution < -0.4 is 15.8 Å². The Labute approximate surface area is 93.6 Å². The molecule has 0 fully saturated rings. The van der Waals surface area contributed by atoms with Gasteiger partial charge in [-0.2, -0.15) is 0 Å². The van der Waals surface area contributed by atoms with Crippen LogP contribution >= 0.6 is 0 Å². The predicted octanol–water partition coefficient (Wildman–Crippen LogP) is 0.913. The fourth-order valence-electron chi connectivity index (χ4n) is 1.18. The molecule has 0 radical (unpaired) electrons. The number of likely N-dealkylation sites (N-methyl/N-ethyl adjacent to an activating group) is 1. The average Bonchev–Trinajstić information content (AvgIpc) is 2.26. The summed E-state index contributed by atoms with van der Waals surface area (Å²) >= 11 is 0. The maximum Gasteiger partial charge on any atom is 0.248 e. The van der Waals surface area contributed by atoms with E-state index in [1.54, 1.807) is 0 Å². The molecule has 0 aliphatic carbocycles. The smallest absolute Gasteiger partial charge is 0.248 e. The molecule has 0 saturated heterocycles. The highest BCUT2D eigenvalue weighted by atomic mass is 19.1. The molecule has 0 aromatic heterocycles. The summed E-state index contributed by atoms with van der Waals surface area (Å²) in [6, 6.07) is 3.92. The molecule has 0 spiro atoms. The second-order valence-electron chi connectivity index (χ2n) is 3.21. The zero-order valence-corrected chi connectivity index (χ0v) is 9.13. The molecule has 1 aromatic carbocycles. The number of nitrogens with one attached hydrogen (secondary N) is 1. The van der Waals surface area contributed by atoms with Crippen LogP contribution in [0.5, 0.6) is 5.75 Å². The topological polar surface area (TPSA) is 64.3 Å². The Morgan fingerprint density at radius 1 is 1.56 bits per heavy atom. The zero-order chi connectivity index (χ0) is 12.0. The minimum absolute atomic E-state index is 0.128. The second kappa shape index (κ2) is 6.07. The van der Waals surface area contributed by atoms with Gasteiger partial charge in [-0.25, -0.2) is 4.39 Å². The third-order valence-corrected chi connectivity index (χ3v) is 2.00. The highest BCUT2D eigenvalue weighted by molar-refractivity contribution is 5.92. The molecular formula is C11H15FN2O2. The minimum atomic E-state index is -0.655. The van der Waals surface area contributed by atoms with Crippen LogP contribution in [0.1, 0.15) is 17.3 Å². The third kappa shape index (κ3) is 3.51. The van der Waals surface area contributed by atoms with Gasteiger partial charge in [-0.15, -0.1) is 0 Å². The summed E-state index contributed by atoms with van der Waals surface area (Å²) in [5, 5.41) is 3.05. The Morgan fingerprint density at radius 2 is 2.31 bits per heavy atom. The van der Waals surface area contributed by atoms with Crippen LogP contribution in [0.3, 0.4) is 0 Å². The number of hydrogen-bond donors (Lipinski definition) is 2. The van der Waals surface area contributed by atoms with Crippen molar-refractivity contribution in [3.8, 4) is 5.75 Å². The summed E-state index contributed by atoms with van der Waals surface area (Å²) < 4.78 is 18.6. The number of nitrogens with two attached hydrogens (primary N) is 1. The van der Waals surface area contributed by atoms with Gasteiger partial charge in [0, 0.05) is 12.1 Å². The Bertz CT molecular complexity index is 369. The molecule has 88 valence electrons. The van der Waals surface area contributed by atoms with Gasteiger partial charge >= 0.3 is 0 Å². The molecular weight excluding hydrogens is 211 g/mol. The highest BCUT2D eigenvalue weighted by Gasteiger charge is 2.07. The normalized spacial score (nSPS) is 10.1. The predicted molar refractivity (Wildman–Crippen MR) is 59.0 cm³/mol. The van der Waals surface area contributed by atoms with E-state index in [0.717, 1.165) is 12.6 Å². The quantitative estimate of drug-likeness (QED) is 0.709. The first-order chi connectivity index (χ1) is 7.65. The number of hydrogen-bond acceptors (Lipinski definition) is 3. The number of rotatable bonds is 6. The van der Waals surface area contributed by atoms with Gasteiger partial charge in [0.15, 0.2) is 11.6 Å². The molecule has 0 unspecified atom stereocenters. The van der Waals surface area contributed by atoms with E-state index in [-0.39, 0.29) is 11.3 Å². The van der Waals surface area contributed by atoms with E-state index in [9.17, 15) is 9.18 Å². The van der Waals surface area contributed by atoms with Gasteiger partial charge in [0.2, 0.25) is 5.91 Å². The fourth-order valence-corrected chi connectivity index (χ4v) is 1.18. The van der Waals surface area contributed by atoms with Crippen LogP contribution in [0.4, 0.5) is 4.39 Å². The largest absolute Gasteiger partial charge is 0.489 e. The van der Waals surface area contributed by atoms with Crippen LogP contribution in [0.2, 0.25) is 0 Å². The number of benzene rings is 1. The van der Waals surface area contributed by atoms with Crippen LogP contribution in [0.25, 0.3) is 0 Å². The summed E-state index contributed by atoms with van der Waals surface area (Å²) in [5.41, 5.74) is 5.15. The van der Waals surface area contributed by atoms with Crippen LogP contribution in [0, 0.1) is 5.82 Å². The van der Waals surface area contributed by atoms with Gasteiger partial charge in [0.25, 0.3) is 0 Å². The molecule has 0 aliphatic heterocycles. The van der Waals surface area contributed by atoms with E-state index in [0.29, 0.717) is 13.2 Å². The van der Waals surface area contributed by atoms with Crippen LogP contribution in [-0.4, -0.2) is 25.6 Å². The molecule has 0 bridgehead atoms. The first kappa shape index (κ1) is 12.4. The summed E-state index contributed by atoms with van der Waals surface area (Å²) in [4.78, 5) is 10.8. The van der Waals surface area contributed by atoms with Gasteiger partial charge in [-0.05, 0) is 24.7 Å². The number of primary amides is 1. The first-order valence-electron chi connectivity index (χ1n) is 5.08. The van der Waals surface area contributed by atoms with E-state index in [1.807, 2.05) is 6.92 Å². The van der Waals surface area contributed by atoms with Crippen molar-refractivity contribution in [2.75, 3.05) is 19.7 Å². The fraction of sp³-hybridized carbons (Fsp3) is 0.364. The number of ether oxygens (including phenoxy) is 1. The van der Waals surface area contributed by atoms with E-state index in [1.165, 1.54) is 12.1 Å². The molecule has 5 heteroatoms. The van der Waals surface area contributed by atoms with Gasteiger partial charge in [-0.3, -0.25) is 4.79 Å². The lowest BCUT2D eigenvalue weighted by Gasteiger charge is -2.07. The van der Waals surface area contributed by atoms with Gasteiger partial charge < -0.3 is 15.8 Å². The summed E-state index contributed by atoms with van der Waals surface area (Å²) in [5.74, 6) is -1.10. The molecule has 1 amide bonds. The molecule has 4 nitrogen and oxygen atoms in total. The van der Waals surface area contributed by atoms with Crippen molar-refractivity contribution in [3.05, 3.63) is 29.6 Å². The van der Waals surface area contributed by atoms with Crippen molar-refractivity contribution in [1.82, 2.24) is 5.32 Å².